The van der Waals surface area contributed by atoms with Crippen LogP contribution in [-0.2, 0) is 11.2 Å². The molecular weight excluding hydrogens is 198 g/mol. The van der Waals surface area contributed by atoms with Gasteiger partial charge in [-0.2, -0.15) is 0 Å². The summed E-state index contributed by atoms with van der Waals surface area (Å²) in [7, 11) is 1.76. The summed E-state index contributed by atoms with van der Waals surface area (Å²) in [5, 5.41) is 4.14. The smallest absolute Gasteiger partial charge is 0.0851 e. The Bertz CT molecular complexity index is 297. The first-order valence-electron chi connectivity index (χ1n) is 4.80. The Morgan fingerprint density at radius 3 is 2.64 bits per heavy atom. The van der Waals surface area contributed by atoms with E-state index in [1.807, 2.05) is 12.1 Å². The van der Waals surface area contributed by atoms with Crippen LogP contribution in [-0.4, -0.2) is 25.8 Å². The van der Waals surface area contributed by atoms with E-state index in [1.165, 1.54) is 5.56 Å². The molecule has 0 aromatic heterocycles. The van der Waals surface area contributed by atoms with Crippen molar-refractivity contribution in [1.29, 1.82) is 0 Å². The lowest BCUT2D eigenvalue weighted by Crippen LogP contribution is -2.59. The van der Waals surface area contributed by atoms with Crippen molar-refractivity contribution in [2.24, 2.45) is 0 Å². The Morgan fingerprint density at radius 1 is 1.43 bits per heavy atom. The van der Waals surface area contributed by atoms with Gasteiger partial charge in [-0.25, -0.2) is 0 Å². The van der Waals surface area contributed by atoms with Gasteiger partial charge in [0.1, 0.15) is 0 Å². The molecule has 0 aliphatic carbocycles. The van der Waals surface area contributed by atoms with E-state index in [2.05, 4.69) is 17.4 Å². The number of hydrogen-bond acceptors (Lipinski definition) is 2. The number of methoxy groups -OCH3 is 1. The third-order valence-corrected chi connectivity index (χ3v) is 2.95. The van der Waals surface area contributed by atoms with Crippen molar-refractivity contribution in [2.75, 3.05) is 13.7 Å². The zero-order valence-electron chi connectivity index (χ0n) is 8.16. The summed E-state index contributed by atoms with van der Waals surface area (Å²) >= 11 is 5.81. The normalized spacial score (nSPS) is 25.9. The number of hydrogen-bond donors (Lipinski definition) is 1. The molecule has 0 spiro atoms. The summed E-state index contributed by atoms with van der Waals surface area (Å²) in [6.45, 7) is 0.967. The Kier molecular flexibility index (Phi) is 3.06. The summed E-state index contributed by atoms with van der Waals surface area (Å²) in [6.07, 6.45) is 1.38. The molecule has 0 saturated carbocycles. The van der Waals surface area contributed by atoms with Crippen molar-refractivity contribution in [3.8, 4) is 0 Å². The van der Waals surface area contributed by atoms with Gasteiger partial charge >= 0.3 is 0 Å². The van der Waals surface area contributed by atoms with E-state index in [4.69, 9.17) is 16.3 Å². The highest BCUT2D eigenvalue weighted by Gasteiger charge is 2.29. The monoisotopic (exact) mass is 211 g/mol. The third kappa shape index (κ3) is 2.08. The summed E-state index contributed by atoms with van der Waals surface area (Å²) in [5.74, 6) is 0. The molecule has 76 valence electrons. The van der Waals surface area contributed by atoms with Gasteiger partial charge in [-0.3, -0.25) is 0 Å². The zero-order valence-corrected chi connectivity index (χ0v) is 8.92. The fraction of sp³-hybridized carbons (Fsp3) is 0.455. The standard InChI is InChI=1S/C11H14ClNO/c1-14-11-7-13-10(11)6-8-2-4-9(12)5-3-8/h2-5,10-11,13H,6-7H2,1H3/t10-,11?/m0/s1. The number of nitrogens with one attached hydrogen (secondary N) is 1. The molecule has 14 heavy (non-hydrogen) atoms. The lowest BCUT2D eigenvalue weighted by atomic mass is 9.95. The number of halogens is 1. The predicted molar refractivity (Wildman–Crippen MR) is 57.7 cm³/mol. The lowest BCUT2D eigenvalue weighted by Gasteiger charge is -2.37. The molecule has 1 heterocycles. The quantitative estimate of drug-likeness (QED) is 0.824. The first-order valence-corrected chi connectivity index (χ1v) is 5.18. The van der Waals surface area contributed by atoms with Crippen molar-refractivity contribution in [2.45, 2.75) is 18.6 Å². The van der Waals surface area contributed by atoms with E-state index in [0.29, 0.717) is 12.1 Å². The minimum atomic E-state index is 0.366. The van der Waals surface area contributed by atoms with Crippen LogP contribution in [0.4, 0.5) is 0 Å². The van der Waals surface area contributed by atoms with Gasteiger partial charge in [-0.05, 0) is 24.1 Å². The second-order valence-electron chi connectivity index (χ2n) is 3.62. The second-order valence-corrected chi connectivity index (χ2v) is 4.06. The van der Waals surface area contributed by atoms with Crippen LogP contribution in [0.1, 0.15) is 5.56 Å². The SMILES string of the molecule is COC1CN[C@H]1Cc1ccc(Cl)cc1. The van der Waals surface area contributed by atoms with Crippen LogP contribution in [0.3, 0.4) is 0 Å². The summed E-state index contributed by atoms with van der Waals surface area (Å²) in [5.41, 5.74) is 1.30. The molecule has 0 radical (unpaired) electrons. The van der Waals surface area contributed by atoms with Crippen molar-refractivity contribution in [1.82, 2.24) is 5.32 Å². The van der Waals surface area contributed by atoms with E-state index >= 15 is 0 Å². The van der Waals surface area contributed by atoms with E-state index < -0.39 is 0 Å². The van der Waals surface area contributed by atoms with E-state index in [1.54, 1.807) is 7.11 Å². The Labute approximate surface area is 89.2 Å². The Hall–Kier alpha value is -0.570. The summed E-state index contributed by atoms with van der Waals surface area (Å²) in [4.78, 5) is 0. The largest absolute Gasteiger partial charge is 0.378 e. The van der Waals surface area contributed by atoms with Gasteiger partial charge in [0.05, 0.1) is 6.10 Å². The number of rotatable bonds is 3. The average molecular weight is 212 g/mol. The van der Waals surface area contributed by atoms with Gasteiger partial charge in [0.2, 0.25) is 0 Å². The summed E-state index contributed by atoms with van der Waals surface area (Å²) in [6, 6.07) is 8.44. The van der Waals surface area contributed by atoms with Gasteiger partial charge in [0.25, 0.3) is 0 Å². The molecule has 2 rings (SSSR count). The molecule has 0 bridgehead atoms. The molecule has 1 aromatic rings. The van der Waals surface area contributed by atoms with E-state index in [9.17, 15) is 0 Å². The fourth-order valence-electron chi connectivity index (χ4n) is 1.71. The van der Waals surface area contributed by atoms with Crippen LogP contribution < -0.4 is 5.32 Å². The first-order chi connectivity index (χ1) is 6.79. The second kappa shape index (κ2) is 4.30. The highest BCUT2D eigenvalue weighted by atomic mass is 35.5. The van der Waals surface area contributed by atoms with Gasteiger partial charge < -0.3 is 10.1 Å². The molecule has 2 atom stereocenters. The van der Waals surface area contributed by atoms with Gasteiger partial charge in [-0.15, -0.1) is 0 Å². The molecular formula is C11H14ClNO. The number of benzene rings is 1. The number of ether oxygens (including phenoxy) is 1. The third-order valence-electron chi connectivity index (χ3n) is 2.70. The molecule has 1 aliphatic heterocycles. The Morgan fingerprint density at radius 2 is 2.14 bits per heavy atom. The van der Waals surface area contributed by atoms with E-state index in [0.717, 1.165) is 18.0 Å². The fourth-order valence-corrected chi connectivity index (χ4v) is 1.83. The van der Waals surface area contributed by atoms with Gasteiger partial charge in [0.15, 0.2) is 0 Å². The first kappa shape index (κ1) is 9.97. The maximum absolute atomic E-state index is 5.81. The van der Waals surface area contributed by atoms with Gasteiger partial charge in [-0.1, -0.05) is 23.7 Å². The highest BCUT2D eigenvalue weighted by molar-refractivity contribution is 6.30. The molecule has 0 amide bonds. The van der Waals surface area contributed by atoms with Gasteiger partial charge in [0, 0.05) is 24.7 Å². The summed E-state index contributed by atoms with van der Waals surface area (Å²) < 4.78 is 5.31. The molecule has 1 fully saturated rings. The topological polar surface area (TPSA) is 21.3 Å². The van der Waals surface area contributed by atoms with Crippen molar-refractivity contribution in [3.05, 3.63) is 34.9 Å². The van der Waals surface area contributed by atoms with E-state index in [-0.39, 0.29) is 0 Å². The van der Waals surface area contributed by atoms with Crippen LogP contribution in [0.25, 0.3) is 0 Å². The van der Waals surface area contributed by atoms with Crippen LogP contribution in [0, 0.1) is 0 Å². The minimum Gasteiger partial charge on any atom is -0.378 e. The predicted octanol–water partition coefficient (Wildman–Crippen LogP) is 1.87. The maximum Gasteiger partial charge on any atom is 0.0851 e. The molecule has 1 saturated heterocycles. The van der Waals surface area contributed by atoms with Crippen molar-refractivity contribution in [3.63, 3.8) is 0 Å². The van der Waals surface area contributed by atoms with Crippen LogP contribution in [0.2, 0.25) is 5.02 Å². The molecule has 2 nitrogen and oxygen atoms in total. The van der Waals surface area contributed by atoms with Crippen molar-refractivity contribution >= 4 is 11.6 Å². The lowest BCUT2D eigenvalue weighted by molar-refractivity contribution is 0.0163. The zero-order chi connectivity index (χ0) is 9.97. The van der Waals surface area contributed by atoms with Crippen LogP contribution in [0.5, 0.6) is 0 Å². The molecule has 1 aromatic carbocycles. The molecule has 1 unspecified atom stereocenters. The minimum absolute atomic E-state index is 0.366. The molecule has 1 N–H and O–H groups in total. The molecule has 1 aliphatic rings. The van der Waals surface area contributed by atoms with Crippen LogP contribution >= 0.6 is 11.6 Å². The van der Waals surface area contributed by atoms with Crippen LogP contribution in [0.15, 0.2) is 24.3 Å². The van der Waals surface area contributed by atoms with Crippen molar-refractivity contribution < 1.29 is 4.74 Å². The Balaban J connectivity index is 1.94. The highest BCUT2D eigenvalue weighted by Crippen LogP contribution is 2.16. The maximum atomic E-state index is 5.81. The average Bonchev–Trinajstić information content (AvgIpc) is 2.16. The molecule has 3 heteroatoms.